The number of nitrogens with zero attached hydrogens (tertiary/aromatic N) is 1. The predicted octanol–water partition coefficient (Wildman–Crippen LogP) is 3.52. The molecule has 21 heavy (non-hydrogen) atoms. The smallest absolute Gasteiger partial charge is 0.120 e. The molecule has 1 unspecified atom stereocenters. The molecule has 1 aliphatic rings. The quantitative estimate of drug-likeness (QED) is 0.843. The lowest BCUT2D eigenvalue weighted by atomic mass is 9.99. The van der Waals surface area contributed by atoms with Gasteiger partial charge >= 0.3 is 0 Å². The van der Waals surface area contributed by atoms with Crippen LogP contribution in [0.15, 0.2) is 48.8 Å². The molecule has 1 heterocycles. The zero-order valence-electron chi connectivity index (χ0n) is 12.5. The fourth-order valence-corrected chi connectivity index (χ4v) is 2.49. The van der Waals surface area contributed by atoms with Gasteiger partial charge in [0, 0.05) is 18.4 Å². The molecule has 0 amide bonds. The highest BCUT2D eigenvalue weighted by Gasteiger charge is 2.23. The van der Waals surface area contributed by atoms with Crippen molar-refractivity contribution in [1.29, 1.82) is 0 Å². The number of hydrogen-bond donors (Lipinski definition) is 1. The number of aromatic nitrogens is 1. The van der Waals surface area contributed by atoms with E-state index in [1.165, 1.54) is 24.0 Å². The van der Waals surface area contributed by atoms with Crippen LogP contribution in [0.2, 0.25) is 0 Å². The summed E-state index contributed by atoms with van der Waals surface area (Å²) in [6, 6.07) is 12.9. The second kappa shape index (κ2) is 6.72. The van der Waals surface area contributed by atoms with Crippen LogP contribution < -0.4 is 10.1 Å². The lowest BCUT2D eigenvalue weighted by molar-refractivity contribution is 0.302. The number of rotatable bonds is 7. The van der Waals surface area contributed by atoms with Gasteiger partial charge in [-0.3, -0.25) is 4.98 Å². The molecule has 0 aliphatic heterocycles. The molecule has 0 saturated heterocycles. The first-order valence-electron chi connectivity index (χ1n) is 7.74. The number of benzene rings is 1. The van der Waals surface area contributed by atoms with Crippen LogP contribution in [0.3, 0.4) is 0 Å². The molecular weight excluding hydrogens is 260 g/mol. The van der Waals surface area contributed by atoms with Gasteiger partial charge < -0.3 is 10.1 Å². The predicted molar refractivity (Wildman–Crippen MR) is 84.5 cm³/mol. The normalized spacial score (nSPS) is 15.7. The van der Waals surface area contributed by atoms with Crippen molar-refractivity contribution in [1.82, 2.24) is 10.3 Å². The van der Waals surface area contributed by atoms with Crippen LogP contribution in [0.4, 0.5) is 0 Å². The minimum absolute atomic E-state index is 0.293. The van der Waals surface area contributed by atoms with E-state index < -0.39 is 0 Å². The minimum atomic E-state index is 0.293. The van der Waals surface area contributed by atoms with Gasteiger partial charge in [-0.2, -0.15) is 0 Å². The van der Waals surface area contributed by atoms with Crippen molar-refractivity contribution in [3.8, 4) is 5.75 Å². The summed E-state index contributed by atoms with van der Waals surface area (Å²) in [6.07, 6.45) is 7.52. The number of pyridine rings is 1. The maximum Gasteiger partial charge on any atom is 0.120 e. The second-order valence-electron chi connectivity index (χ2n) is 5.57. The molecule has 1 aromatic carbocycles. The van der Waals surface area contributed by atoms with Gasteiger partial charge in [0.05, 0.1) is 6.10 Å². The molecule has 3 rings (SSSR count). The third kappa shape index (κ3) is 4.05. The summed E-state index contributed by atoms with van der Waals surface area (Å²) >= 11 is 0. The van der Waals surface area contributed by atoms with Gasteiger partial charge in [-0.25, -0.2) is 0 Å². The van der Waals surface area contributed by atoms with Crippen LogP contribution in [0.1, 0.15) is 36.9 Å². The van der Waals surface area contributed by atoms with E-state index in [9.17, 15) is 0 Å². The Bertz CT molecular complexity index is 566. The third-order valence-corrected chi connectivity index (χ3v) is 3.70. The first-order valence-corrected chi connectivity index (χ1v) is 7.74. The summed E-state index contributed by atoms with van der Waals surface area (Å²) < 4.78 is 5.90. The molecule has 1 fully saturated rings. The first kappa shape index (κ1) is 14.1. The Morgan fingerprint density at radius 1 is 1.29 bits per heavy atom. The lowest BCUT2D eigenvalue weighted by Gasteiger charge is -2.19. The molecule has 110 valence electrons. The molecular formula is C18H22N2O. The van der Waals surface area contributed by atoms with Crippen molar-refractivity contribution in [2.24, 2.45) is 0 Å². The monoisotopic (exact) mass is 282 g/mol. The van der Waals surface area contributed by atoms with E-state index in [-0.39, 0.29) is 0 Å². The molecule has 1 N–H and O–H groups in total. The Balaban J connectivity index is 1.75. The van der Waals surface area contributed by atoms with Crippen molar-refractivity contribution in [3.63, 3.8) is 0 Å². The fourth-order valence-electron chi connectivity index (χ4n) is 2.49. The molecule has 1 aliphatic carbocycles. The van der Waals surface area contributed by atoms with Crippen molar-refractivity contribution in [2.75, 3.05) is 6.54 Å². The zero-order valence-corrected chi connectivity index (χ0v) is 12.5. The average Bonchev–Trinajstić information content (AvgIpc) is 3.32. The number of likely N-dealkylation sites (N-methyl/N-ethyl adjacent to an activating group) is 1. The summed E-state index contributed by atoms with van der Waals surface area (Å²) in [6.45, 7) is 3.08. The fraction of sp³-hybridized carbons (Fsp3) is 0.389. The Hall–Kier alpha value is -1.87. The van der Waals surface area contributed by atoms with Gasteiger partial charge in [-0.05, 0) is 55.1 Å². The van der Waals surface area contributed by atoms with Gasteiger partial charge in [0.25, 0.3) is 0 Å². The molecule has 2 aromatic rings. The van der Waals surface area contributed by atoms with Gasteiger partial charge in [-0.15, -0.1) is 0 Å². The van der Waals surface area contributed by atoms with Crippen LogP contribution in [-0.4, -0.2) is 17.6 Å². The molecule has 0 spiro atoms. The van der Waals surface area contributed by atoms with Crippen molar-refractivity contribution < 1.29 is 4.74 Å². The highest BCUT2D eigenvalue weighted by molar-refractivity contribution is 5.32. The maximum absolute atomic E-state index is 5.90. The van der Waals surface area contributed by atoms with E-state index in [0.717, 1.165) is 18.7 Å². The lowest BCUT2D eigenvalue weighted by Crippen LogP contribution is -2.23. The first-order chi connectivity index (χ1) is 10.3. The topological polar surface area (TPSA) is 34.2 Å². The highest BCUT2D eigenvalue weighted by atomic mass is 16.5. The second-order valence-corrected chi connectivity index (χ2v) is 5.57. The van der Waals surface area contributed by atoms with E-state index in [1.807, 2.05) is 18.5 Å². The van der Waals surface area contributed by atoms with Crippen LogP contribution in [0.5, 0.6) is 5.75 Å². The molecule has 1 atom stereocenters. The Labute approximate surface area is 126 Å². The zero-order chi connectivity index (χ0) is 14.5. The van der Waals surface area contributed by atoms with E-state index in [2.05, 4.69) is 47.6 Å². The van der Waals surface area contributed by atoms with E-state index in [4.69, 9.17) is 4.74 Å². The molecule has 3 heteroatoms. The molecule has 0 bridgehead atoms. The van der Waals surface area contributed by atoms with E-state index in [1.54, 1.807) is 0 Å². The summed E-state index contributed by atoms with van der Waals surface area (Å²) in [5.41, 5.74) is 2.52. The van der Waals surface area contributed by atoms with E-state index >= 15 is 0 Å². The van der Waals surface area contributed by atoms with E-state index in [0.29, 0.717) is 12.1 Å². The summed E-state index contributed by atoms with van der Waals surface area (Å²) in [5.74, 6) is 0.990. The van der Waals surface area contributed by atoms with Crippen molar-refractivity contribution in [2.45, 2.75) is 38.3 Å². The molecule has 1 saturated carbocycles. The van der Waals surface area contributed by atoms with Crippen LogP contribution in [-0.2, 0) is 6.42 Å². The van der Waals surface area contributed by atoms with Gasteiger partial charge in [0.2, 0.25) is 0 Å². The number of ether oxygens (including phenoxy) is 1. The van der Waals surface area contributed by atoms with Crippen molar-refractivity contribution in [3.05, 3.63) is 59.9 Å². The summed E-state index contributed by atoms with van der Waals surface area (Å²) in [7, 11) is 0. The maximum atomic E-state index is 5.90. The van der Waals surface area contributed by atoms with Crippen LogP contribution in [0, 0.1) is 0 Å². The summed E-state index contributed by atoms with van der Waals surface area (Å²) in [5, 5.41) is 3.56. The average molecular weight is 282 g/mol. The Morgan fingerprint density at radius 2 is 2.19 bits per heavy atom. The highest BCUT2D eigenvalue weighted by Crippen LogP contribution is 2.29. The molecule has 0 radical (unpaired) electrons. The largest absolute Gasteiger partial charge is 0.490 e. The minimum Gasteiger partial charge on any atom is -0.490 e. The number of nitrogens with one attached hydrogen (secondary N) is 1. The Morgan fingerprint density at radius 3 is 2.90 bits per heavy atom. The standard InChI is InChI=1S/C18H22N2O/c1-2-20-18(11-14-5-4-10-19-13-14)15-6-3-7-17(12-15)21-16-8-9-16/h3-7,10,12-13,16,18,20H,2,8-9,11H2,1H3. The molecule has 1 aromatic heterocycles. The van der Waals surface area contributed by atoms with Gasteiger partial charge in [-0.1, -0.05) is 25.1 Å². The SMILES string of the molecule is CCNC(Cc1cccnc1)c1cccc(OC2CC2)c1. The Kier molecular flexibility index (Phi) is 4.51. The molecule has 3 nitrogen and oxygen atoms in total. The summed E-state index contributed by atoms with van der Waals surface area (Å²) in [4.78, 5) is 4.20. The van der Waals surface area contributed by atoms with Crippen molar-refractivity contribution >= 4 is 0 Å². The van der Waals surface area contributed by atoms with Gasteiger partial charge in [0.15, 0.2) is 0 Å². The third-order valence-electron chi connectivity index (χ3n) is 3.70. The number of hydrogen-bond acceptors (Lipinski definition) is 3. The van der Waals surface area contributed by atoms with Crippen LogP contribution in [0.25, 0.3) is 0 Å². The van der Waals surface area contributed by atoms with Gasteiger partial charge in [0.1, 0.15) is 5.75 Å². The van der Waals surface area contributed by atoms with Crippen LogP contribution >= 0.6 is 0 Å².